The van der Waals surface area contributed by atoms with Crippen molar-refractivity contribution in [3.63, 3.8) is 0 Å². The van der Waals surface area contributed by atoms with Crippen LogP contribution >= 0.6 is 11.3 Å². The largest absolute Gasteiger partial charge is 0.465 e. The molecule has 0 bridgehead atoms. The van der Waals surface area contributed by atoms with E-state index >= 15 is 0 Å². The van der Waals surface area contributed by atoms with Crippen LogP contribution in [0.4, 0.5) is 0 Å². The summed E-state index contributed by atoms with van der Waals surface area (Å²) in [4.78, 5) is 16.6. The summed E-state index contributed by atoms with van der Waals surface area (Å²) in [7, 11) is -3.49. The highest BCUT2D eigenvalue weighted by atomic mass is 32.2. The van der Waals surface area contributed by atoms with Crippen molar-refractivity contribution in [3.05, 3.63) is 36.4 Å². The van der Waals surface area contributed by atoms with Crippen molar-refractivity contribution in [2.75, 3.05) is 19.0 Å². The molecule has 0 unspecified atom stereocenters. The fourth-order valence-corrected chi connectivity index (χ4v) is 7.31. The van der Waals surface area contributed by atoms with Gasteiger partial charge in [-0.25, -0.2) is 13.4 Å². The van der Waals surface area contributed by atoms with Gasteiger partial charge in [0.2, 0.25) is 14.2 Å². The maximum Gasteiger partial charge on any atom is 0.311 e. The number of ether oxygens (including phenoxy) is 4. The molecule has 0 saturated carbocycles. The van der Waals surface area contributed by atoms with Crippen molar-refractivity contribution in [2.45, 2.75) is 89.2 Å². The molecule has 0 radical (unpaired) electrons. The Bertz CT molecular complexity index is 1240. The van der Waals surface area contributed by atoms with E-state index in [1.807, 2.05) is 71.0 Å². The van der Waals surface area contributed by atoms with Crippen LogP contribution in [0.1, 0.15) is 60.8 Å². The Hall–Kier alpha value is -1.85. The molecule has 8 nitrogen and oxygen atoms in total. The fraction of sp³-hybridized carbons (Fsp3) is 0.643. The molecule has 210 valence electrons. The number of carbonyl (C=O) groups excluding carboxylic acids is 1. The fourth-order valence-electron chi connectivity index (χ4n) is 4.72. The lowest BCUT2D eigenvalue weighted by Gasteiger charge is -2.54. The monoisotopic (exact) mass is 565 g/mol. The van der Waals surface area contributed by atoms with E-state index in [0.29, 0.717) is 31.4 Å². The van der Waals surface area contributed by atoms with Crippen LogP contribution in [-0.2, 0) is 33.6 Å². The number of nitrogens with zero attached hydrogens (tertiary/aromatic N) is 1. The zero-order valence-corrected chi connectivity index (χ0v) is 24.7. The Balaban J connectivity index is 1.40. The smallest absolute Gasteiger partial charge is 0.311 e. The van der Waals surface area contributed by atoms with Gasteiger partial charge in [0.25, 0.3) is 0 Å². The summed E-state index contributed by atoms with van der Waals surface area (Å²) in [5.74, 6) is -0.983. The number of para-hydroxylation sites is 1. The molecule has 2 fully saturated rings. The van der Waals surface area contributed by atoms with E-state index in [-0.39, 0.29) is 41.0 Å². The minimum absolute atomic E-state index is 0.0270. The first-order valence-electron chi connectivity index (χ1n) is 13.1. The Morgan fingerprint density at radius 1 is 1.24 bits per heavy atom. The van der Waals surface area contributed by atoms with Gasteiger partial charge in [0.05, 0.1) is 52.9 Å². The van der Waals surface area contributed by atoms with Crippen molar-refractivity contribution in [2.24, 2.45) is 10.8 Å². The van der Waals surface area contributed by atoms with Crippen molar-refractivity contribution in [3.8, 4) is 0 Å². The third-order valence-corrected chi connectivity index (χ3v) is 10.3. The Labute approximate surface area is 229 Å². The normalized spacial score (nSPS) is 27.9. The van der Waals surface area contributed by atoms with Gasteiger partial charge in [0, 0.05) is 18.3 Å². The highest BCUT2D eigenvalue weighted by Crippen LogP contribution is 2.46. The summed E-state index contributed by atoms with van der Waals surface area (Å²) < 4.78 is 51.0. The average molecular weight is 566 g/mol. The first-order valence-corrected chi connectivity index (χ1v) is 15.6. The van der Waals surface area contributed by atoms with E-state index in [0.717, 1.165) is 4.70 Å². The lowest BCUT2D eigenvalue weighted by molar-refractivity contribution is -0.351. The van der Waals surface area contributed by atoms with E-state index in [1.54, 1.807) is 0 Å². The lowest BCUT2D eigenvalue weighted by atomic mass is 9.73. The molecule has 2 aliphatic rings. The average Bonchev–Trinajstić information content (AvgIpc) is 3.27. The van der Waals surface area contributed by atoms with Gasteiger partial charge >= 0.3 is 5.97 Å². The molecule has 4 rings (SSSR count). The standard InChI is InChI=1S/C28H39NO7S2/c1-26(2,3)24(30)33-15-14-22-28(6)18-34-27(4,5)36-23(28)17-19(35-22)11-9-10-16-38(31,32)25-29-20-12-7-8-13-21(20)37-25/h7-9,11-13,19,22-23H,10,14-18H2,1-6H3/b11-9+/t19-,22+,23-,28+/m1/s1. The van der Waals surface area contributed by atoms with Gasteiger partial charge in [0.15, 0.2) is 5.79 Å². The number of carbonyl (C=O) groups is 1. The number of allylic oxidation sites excluding steroid dienone is 1. The van der Waals surface area contributed by atoms with Gasteiger partial charge in [-0.2, -0.15) is 0 Å². The Morgan fingerprint density at radius 2 is 1.97 bits per heavy atom. The van der Waals surface area contributed by atoms with Gasteiger partial charge < -0.3 is 18.9 Å². The van der Waals surface area contributed by atoms with Gasteiger partial charge in [-0.3, -0.25) is 4.79 Å². The molecule has 2 aliphatic heterocycles. The van der Waals surface area contributed by atoms with Crippen LogP contribution < -0.4 is 0 Å². The number of hydrogen-bond donors (Lipinski definition) is 0. The van der Waals surface area contributed by atoms with Crippen molar-refractivity contribution < 1.29 is 32.2 Å². The van der Waals surface area contributed by atoms with Crippen molar-refractivity contribution in [1.82, 2.24) is 4.98 Å². The van der Waals surface area contributed by atoms with E-state index < -0.39 is 26.5 Å². The maximum atomic E-state index is 12.9. The van der Waals surface area contributed by atoms with Gasteiger partial charge in [-0.15, -0.1) is 11.3 Å². The molecule has 0 spiro atoms. The number of hydrogen-bond acceptors (Lipinski definition) is 9. The molecule has 2 aromatic rings. The van der Waals surface area contributed by atoms with Gasteiger partial charge in [0.1, 0.15) is 0 Å². The number of rotatable bonds is 8. The predicted molar refractivity (Wildman–Crippen MR) is 147 cm³/mol. The van der Waals surface area contributed by atoms with E-state index in [9.17, 15) is 13.2 Å². The van der Waals surface area contributed by atoms with Crippen molar-refractivity contribution >= 4 is 37.4 Å². The molecular weight excluding hydrogens is 526 g/mol. The summed E-state index contributed by atoms with van der Waals surface area (Å²) in [6.45, 7) is 12.1. The highest BCUT2D eigenvalue weighted by Gasteiger charge is 2.53. The Kier molecular flexibility index (Phi) is 8.41. The van der Waals surface area contributed by atoms with Gasteiger partial charge in [-0.05, 0) is 53.2 Å². The van der Waals surface area contributed by atoms with Crippen molar-refractivity contribution in [1.29, 1.82) is 0 Å². The number of aromatic nitrogens is 1. The summed E-state index contributed by atoms with van der Waals surface area (Å²) >= 11 is 1.20. The van der Waals surface area contributed by atoms with Crippen LogP contribution in [0, 0.1) is 10.8 Å². The first-order chi connectivity index (χ1) is 17.7. The molecule has 0 amide bonds. The SMILES string of the molecule is CC1(C)OC[C@@]2(C)[C@H](CCOC(=O)C(C)(C)C)O[C@H](/C=C/CCS(=O)(=O)c3nc4ccccc4s3)C[C@H]2O1. The molecule has 0 N–H and O–H groups in total. The second-order valence-corrected chi connectivity index (χ2v) is 15.2. The lowest BCUT2D eigenvalue weighted by Crippen LogP contribution is -2.61. The molecule has 1 aromatic heterocycles. The third-order valence-electron chi connectivity index (χ3n) is 7.08. The van der Waals surface area contributed by atoms with E-state index in [1.165, 1.54) is 11.3 Å². The molecule has 10 heteroatoms. The number of fused-ring (bicyclic) bond motifs is 2. The molecule has 4 atom stereocenters. The van der Waals surface area contributed by atoms with Crippen LogP contribution in [0.25, 0.3) is 10.2 Å². The summed E-state index contributed by atoms with van der Waals surface area (Å²) in [6, 6.07) is 7.42. The predicted octanol–water partition coefficient (Wildman–Crippen LogP) is 5.31. The molecule has 0 aliphatic carbocycles. The summed E-state index contributed by atoms with van der Waals surface area (Å²) in [6.07, 6.45) is 4.64. The Morgan fingerprint density at radius 3 is 2.68 bits per heavy atom. The zero-order chi connectivity index (χ0) is 27.8. The number of benzene rings is 1. The van der Waals surface area contributed by atoms with Crippen LogP contribution in [0.2, 0.25) is 0 Å². The minimum Gasteiger partial charge on any atom is -0.465 e. The molecule has 3 heterocycles. The zero-order valence-electron chi connectivity index (χ0n) is 23.1. The molecular formula is C28H39NO7S2. The molecule has 2 saturated heterocycles. The number of sulfone groups is 1. The van der Waals surface area contributed by atoms with Crippen LogP contribution in [0.3, 0.4) is 0 Å². The van der Waals surface area contributed by atoms with E-state index in [4.69, 9.17) is 18.9 Å². The molecule has 1 aromatic carbocycles. The number of thiazole rings is 1. The highest BCUT2D eigenvalue weighted by molar-refractivity contribution is 7.93. The summed E-state index contributed by atoms with van der Waals surface area (Å²) in [5, 5.41) is 0. The van der Waals surface area contributed by atoms with Crippen LogP contribution in [0.5, 0.6) is 0 Å². The quantitative estimate of drug-likeness (QED) is 0.314. The first kappa shape index (κ1) is 29.1. The maximum absolute atomic E-state index is 12.9. The topological polar surface area (TPSA) is 101 Å². The summed E-state index contributed by atoms with van der Waals surface area (Å²) in [5.41, 5.74) is -0.272. The van der Waals surface area contributed by atoms with Crippen LogP contribution in [0.15, 0.2) is 40.8 Å². The van der Waals surface area contributed by atoms with Gasteiger partial charge in [-0.1, -0.05) is 31.2 Å². The second kappa shape index (κ2) is 11.0. The van der Waals surface area contributed by atoms with Crippen LogP contribution in [-0.4, -0.2) is 62.4 Å². The third kappa shape index (κ3) is 6.65. The van der Waals surface area contributed by atoms with E-state index in [2.05, 4.69) is 11.9 Å². The second-order valence-electron chi connectivity index (χ2n) is 11.9. The minimum atomic E-state index is -3.49. The number of esters is 1. The molecule has 38 heavy (non-hydrogen) atoms.